The van der Waals surface area contributed by atoms with Crippen molar-refractivity contribution < 1.29 is 0 Å². The number of aromatic nitrogens is 3. The standard InChI is InChI=1S/C14H28N4/c1-5-6-13-16-14(18(4)17-13)8-7-12(9-10-15)11(2)3/h11-12H,5-10,15H2,1-4H3. The second-order valence-corrected chi connectivity index (χ2v) is 5.44. The van der Waals surface area contributed by atoms with Gasteiger partial charge >= 0.3 is 0 Å². The number of hydrogen-bond acceptors (Lipinski definition) is 3. The van der Waals surface area contributed by atoms with Gasteiger partial charge in [0.05, 0.1) is 0 Å². The van der Waals surface area contributed by atoms with Gasteiger partial charge in [0, 0.05) is 19.9 Å². The topological polar surface area (TPSA) is 56.7 Å². The molecule has 1 unspecified atom stereocenters. The lowest BCUT2D eigenvalue weighted by Gasteiger charge is -2.19. The van der Waals surface area contributed by atoms with Crippen LogP contribution in [0.3, 0.4) is 0 Å². The molecular weight excluding hydrogens is 224 g/mol. The number of hydrogen-bond donors (Lipinski definition) is 1. The molecule has 0 saturated heterocycles. The highest BCUT2D eigenvalue weighted by Gasteiger charge is 2.14. The van der Waals surface area contributed by atoms with Crippen LogP contribution >= 0.6 is 0 Å². The Hall–Kier alpha value is -0.900. The first-order valence-corrected chi connectivity index (χ1v) is 7.17. The summed E-state index contributed by atoms with van der Waals surface area (Å²) in [4.78, 5) is 4.61. The van der Waals surface area contributed by atoms with E-state index in [-0.39, 0.29) is 0 Å². The molecule has 0 amide bonds. The van der Waals surface area contributed by atoms with Gasteiger partial charge in [0.25, 0.3) is 0 Å². The van der Waals surface area contributed by atoms with Crippen molar-refractivity contribution >= 4 is 0 Å². The summed E-state index contributed by atoms with van der Waals surface area (Å²) in [5.74, 6) is 3.48. The molecule has 0 aromatic carbocycles. The third kappa shape index (κ3) is 4.41. The molecule has 2 N–H and O–H groups in total. The maximum absolute atomic E-state index is 5.68. The smallest absolute Gasteiger partial charge is 0.150 e. The summed E-state index contributed by atoms with van der Waals surface area (Å²) in [6.45, 7) is 7.49. The van der Waals surface area contributed by atoms with E-state index < -0.39 is 0 Å². The Bertz CT molecular complexity index is 344. The van der Waals surface area contributed by atoms with E-state index in [0.29, 0.717) is 11.8 Å². The number of rotatable bonds is 8. The minimum Gasteiger partial charge on any atom is -0.330 e. The lowest BCUT2D eigenvalue weighted by molar-refractivity contribution is 0.337. The zero-order chi connectivity index (χ0) is 13.5. The second-order valence-electron chi connectivity index (χ2n) is 5.44. The molecule has 1 rings (SSSR count). The summed E-state index contributed by atoms with van der Waals surface area (Å²) in [6.07, 6.45) is 5.36. The molecule has 1 atom stereocenters. The van der Waals surface area contributed by atoms with Crippen LogP contribution in [0.5, 0.6) is 0 Å². The van der Waals surface area contributed by atoms with Gasteiger partial charge in [-0.25, -0.2) is 4.98 Å². The first-order valence-electron chi connectivity index (χ1n) is 7.17. The van der Waals surface area contributed by atoms with Crippen molar-refractivity contribution in [2.45, 2.75) is 52.9 Å². The summed E-state index contributed by atoms with van der Waals surface area (Å²) in [6, 6.07) is 0. The summed E-state index contributed by atoms with van der Waals surface area (Å²) in [5.41, 5.74) is 5.68. The van der Waals surface area contributed by atoms with Gasteiger partial charge in [-0.05, 0) is 37.6 Å². The molecule has 104 valence electrons. The molecular formula is C14H28N4. The van der Waals surface area contributed by atoms with Crippen molar-refractivity contribution in [3.05, 3.63) is 11.6 Å². The zero-order valence-corrected chi connectivity index (χ0v) is 12.3. The molecule has 0 saturated carbocycles. The highest BCUT2D eigenvalue weighted by atomic mass is 15.3. The Morgan fingerprint density at radius 3 is 2.50 bits per heavy atom. The lowest BCUT2D eigenvalue weighted by atomic mass is 9.88. The van der Waals surface area contributed by atoms with Crippen molar-refractivity contribution in [3.8, 4) is 0 Å². The van der Waals surface area contributed by atoms with Gasteiger partial charge in [-0.2, -0.15) is 5.10 Å². The maximum atomic E-state index is 5.68. The van der Waals surface area contributed by atoms with Crippen LogP contribution in [0.2, 0.25) is 0 Å². The summed E-state index contributed by atoms with van der Waals surface area (Å²) < 4.78 is 1.94. The quantitative estimate of drug-likeness (QED) is 0.772. The van der Waals surface area contributed by atoms with E-state index in [0.717, 1.165) is 50.3 Å². The summed E-state index contributed by atoms with van der Waals surface area (Å²) in [7, 11) is 1.99. The van der Waals surface area contributed by atoms with Crippen molar-refractivity contribution in [3.63, 3.8) is 0 Å². The largest absolute Gasteiger partial charge is 0.330 e. The highest BCUT2D eigenvalue weighted by Crippen LogP contribution is 2.20. The van der Waals surface area contributed by atoms with E-state index in [4.69, 9.17) is 5.73 Å². The predicted octanol–water partition coefficient (Wildman–Crippen LogP) is 2.32. The van der Waals surface area contributed by atoms with Gasteiger partial charge in [0.15, 0.2) is 5.82 Å². The molecule has 18 heavy (non-hydrogen) atoms. The Labute approximate surface area is 111 Å². The van der Waals surface area contributed by atoms with Gasteiger partial charge in [-0.1, -0.05) is 20.8 Å². The van der Waals surface area contributed by atoms with Crippen LogP contribution in [0.1, 0.15) is 51.7 Å². The monoisotopic (exact) mass is 252 g/mol. The molecule has 0 aliphatic carbocycles. The van der Waals surface area contributed by atoms with E-state index in [9.17, 15) is 0 Å². The molecule has 0 aliphatic heterocycles. The molecule has 0 radical (unpaired) electrons. The minimum atomic E-state index is 0.692. The summed E-state index contributed by atoms with van der Waals surface area (Å²) in [5, 5.41) is 4.45. The number of nitrogens with two attached hydrogens (primary N) is 1. The van der Waals surface area contributed by atoms with Crippen molar-refractivity contribution in [1.82, 2.24) is 14.8 Å². The first kappa shape index (κ1) is 15.2. The van der Waals surface area contributed by atoms with Crippen LogP contribution in [0.25, 0.3) is 0 Å². The van der Waals surface area contributed by atoms with E-state index in [1.165, 1.54) is 0 Å². The fraction of sp³-hybridized carbons (Fsp3) is 0.857. The predicted molar refractivity (Wildman–Crippen MR) is 75.3 cm³/mol. The second kappa shape index (κ2) is 7.52. The van der Waals surface area contributed by atoms with E-state index in [2.05, 4.69) is 30.9 Å². The SMILES string of the molecule is CCCc1nc(CCC(CCN)C(C)C)n(C)n1. The lowest BCUT2D eigenvalue weighted by Crippen LogP contribution is -2.16. The highest BCUT2D eigenvalue weighted by molar-refractivity contribution is 4.93. The molecule has 0 fully saturated rings. The fourth-order valence-corrected chi connectivity index (χ4v) is 2.36. The molecule has 1 aromatic rings. The van der Waals surface area contributed by atoms with Crippen LogP contribution in [0, 0.1) is 11.8 Å². The molecule has 0 spiro atoms. The van der Waals surface area contributed by atoms with Crippen LogP contribution in [-0.4, -0.2) is 21.3 Å². The van der Waals surface area contributed by atoms with Crippen molar-refractivity contribution in [2.75, 3.05) is 6.54 Å². The maximum Gasteiger partial charge on any atom is 0.150 e. The molecule has 1 heterocycles. The minimum absolute atomic E-state index is 0.692. The van der Waals surface area contributed by atoms with Gasteiger partial charge in [0.1, 0.15) is 5.82 Å². The van der Waals surface area contributed by atoms with Gasteiger partial charge in [0.2, 0.25) is 0 Å². The molecule has 0 aliphatic rings. The van der Waals surface area contributed by atoms with Crippen LogP contribution in [-0.2, 0) is 19.9 Å². The molecule has 4 nitrogen and oxygen atoms in total. The molecule has 1 aromatic heterocycles. The van der Waals surface area contributed by atoms with Gasteiger partial charge in [-0.3, -0.25) is 4.68 Å². The third-order valence-corrected chi connectivity index (χ3v) is 3.59. The Morgan fingerprint density at radius 2 is 1.94 bits per heavy atom. The number of aryl methyl sites for hydroxylation is 3. The normalized spacial score (nSPS) is 13.2. The van der Waals surface area contributed by atoms with Gasteiger partial charge < -0.3 is 5.73 Å². The van der Waals surface area contributed by atoms with Gasteiger partial charge in [-0.15, -0.1) is 0 Å². The Kier molecular flexibility index (Phi) is 6.33. The van der Waals surface area contributed by atoms with Crippen LogP contribution in [0.15, 0.2) is 0 Å². The van der Waals surface area contributed by atoms with Crippen molar-refractivity contribution in [2.24, 2.45) is 24.6 Å². The van der Waals surface area contributed by atoms with Crippen molar-refractivity contribution in [1.29, 1.82) is 0 Å². The Morgan fingerprint density at radius 1 is 1.22 bits per heavy atom. The fourth-order valence-electron chi connectivity index (χ4n) is 2.36. The van der Waals surface area contributed by atoms with Crippen LogP contribution < -0.4 is 5.73 Å². The average molecular weight is 252 g/mol. The van der Waals surface area contributed by atoms with E-state index >= 15 is 0 Å². The van der Waals surface area contributed by atoms with E-state index in [1.807, 2.05) is 11.7 Å². The first-order chi connectivity index (χ1) is 8.58. The number of nitrogens with zero attached hydrogens (tertiary/aromatic N) is 3. The molecule has 0 bridgehead atoms. The zero-order valence-electron chi connectivity index (χ0n) is 12.3. The third-order valence-electron chi connectivity index (χ3n) is 3.59. The summed E-state index contributed by atoms with van der Waals surface area (Å²) >= 11 is 0. The molecule has 4 heteroatoms. The van der Waals surface area contributed by atoms with Crippen LogP contribution in [0.4, 0.5) is 0 Å². The van der Waals surface area contributed by atoms with E-state index in [1.54, 1.807) is 0 Å². The average Bonchev–Trinajstić information content (AvgIpc) is 2.65. The Balaban J connectivity index is 2.55.